The number of halogens is 1. The van der Waals surface area contributed by atoms with Gasteiger partial charge in [0, 0.05) is 16.3 Å². The molecule has 0 fully saturated rings. The second-order valence-corrected chi connectivity index (χ2v) is 7.49. The fraction of sp³-hybridized carbons (Fsp3) is 0.217. The molecule has 1 atom stereocenters. The van der Waals surface area contributed by atoms with Crippen molar-refractivity contribution in [3.05, 3.63) is 87.4 Å². The van der Waals surface area contributed by atoms with Gasteiger partial charge in [0.05, 0.1) is 11.5 Å². The third-order valence-electron chi connectivity index (χ3n) is 5.06. The average molecular weight is 421 g/mol. The van der Waals surface area contributed by atoms with Gasteiger partial charge in [-0.25, -0.2) is 0 Å². The molecular formula is C23H21ClN4O2. The maximum absolute atomic E-state index is 9.85. The van der Waals surface area contributed by atoms with E-state index in [0.29, 0.717) is 28.8 Å². The molecule has 0 spiro atoms. The maximum Gasteiger partial charge on any atom is 0.244 e. The Morgan fingerprint density at radius 2 is 2.00 bits per heavy atom. The van der Waals surface area contributed by atoms with Crippen LogP contribution >= 0.6 is 11.6 Å². The number of nitrogens with zero attached hydrogens (tertiary/aromatic N) is 2. The van der Waals surface area contributed by atoms with Crippen LogP contribution in [-0.4, -0.2) is 10.2 Å². The van der Waals surface area contributed by atoms with Crippen LogP contribution in [0, 0.1) is 11.3 Å². The Labute approximate surface area is 179 Å². The van der Waals surface area contributed by atoms with Crippen LogP contribution in [0.25, 0.3) is 0 Å². The van der Waals surface area contributed by atoms with Crippen LogP contribution in [0.5, 0.6) is 11.6 Å². The molecule has 1 unspecified atom stereocenters. The van der Waals surface area contributed by atoms with E-state index in [1.54, 1.807) is 0 Å². The van der Waals surface area contributed by atoms with Gasteiger partial charge in [-0.1, -0.05) is 55.3 Å². The number of nitrogens with two attached hydrogens (primary N) is 1. The zero-order valence-corrected chi connectivity index (χ0v) is 17.2. The van der Waals surface area contributed by atoms with E-state index in [-0.39, 0.29) is 5.88 Å². The summed E-state index contributed by atoms with van der Waals surface area (Å²) < 4.78 is 11.8. The highest BCUT2D eigenvalue weighted by Crippen LogP contribution is 2.45. The summed E-state index contributed by atoms with van der Waals surface area (Å²) in [6.45, 7) is 2.46. The van der Waals surface area contributed by atoms with Crippen molar-refractivity contribution in [3.8, 4) is 17.7 Å². The van der Waals surface area contributed by atoms with Gasteiger partial charge in [0.2, 0.25) is 11.8 Å². The quantitative estimate of drug-likeness (QED) is 0.596. The number of hydrogen-bond donors (Lipinski definition) is 2. The molecule has 2 heterocycles. The Kier molecular flexibility index (Phi) is 5.64. The highest BCUT2D eigenvalue weighted by Gasteiger charge is 2.36. The zero-order chi connectivity index (χ0) is 21.1. The molecule has 1 aromatic heterocycles. The predicted octanol–water partition coefficient (Wildman–Crippen LogP) is 4.81. The number of ether oxygens (including phenoxy) is 2. The van der Waals surface area contributed by atoms with Crippen molar-refractivity contribution >= 4 is 11.6 Å². The number of nitriles is 1. The number of nitrogens with one attached hydrogen (secondary N) is 1. The summed E-state index contributed by atoms with van der Waals surface area (Å²) in [5.41, 5.74) is 10.0. The van der Waals surface area contributed by atoms with E-state index in [1.807, 2.05) is 48.5 Å². The number of fused-ring (bicyclic) bond motifs is 1. The Bertz CT molecular complexity index is 1130. The Balaban J connectivity index is 1.75. The molecule has 3 aromatic rings. The number of allylic oxidation sites excluding steroid dienone is 1. The van der Waals surface area contributed by atoms with Crippen LogP contribution in [0.4, 0.5) is 0 Å². The summed E-state index contributed by atoms with van der Waals surface area (Å²) >= 11 is 5.97. The van der Waals surface area contributed by atoms with Gasteiger partial charge in [0.25, 0.3) is 0 Å². The number of hydrogen-bond acceptors (Lipinski definition) is 5. The van der Waals surface area contributed by atoms with E-state index < -0.39 is 5.92 Å². The molecule has 6 nitrogen and oxygen atoms in total. The van der Waals surface area contributed by atoms with Gasteiger partial charge in [-0.2, -0.15) is 5.26 Å². The molecule has 1 aliphatic heterocycles. The van der Waals surface area contributed by atoms with Crippen LogP contribution in [0.2, 0.25) is 5.02 Å². The molecular weight excluding hydrogens is 400 g/mol. The lowest BCUT2D eigenvalue weighted by Gasteiger charge is -2.25. The first-order valence-electron chi connectivity index (χ1n) is 9.73. The summed E-state index contributed by atoms with van der Waals surface area (Å²) in [7, 11) is 0. The van der Waals surface area contributed by atoms with E-state index in [2.05, 4.69) is 23.2 Å². The second kappa shape index (κ2) is 8.52. The molecule has 7 heteroatoms. The van der Waals surface area contributed by atoms with Gasteiger partial charge in [0.15, 0.2) is 0 Å². The van der Waals surface area contributed by atoms with Gasteiger partial charge in [-0.15, -0.1) is 5.10 Å². The molecule has 3 N–H and O–H groups in total. The van der Waals surface area contributed by atoms with Crippen molar-refractivity contribution in [1.82, 2.24) is 10.2 Å². The van der Waals surface area contributed by atoms with Crippen LogP contribution in [-0.2, 0) is 13.0 Å². The highest BCUT2D eigenvalue weighted by molar-refractivity contribution is 6.30. The second-order valence-electron chi connectivity index (χ2n) is 7.05. The first-order chi connectivity index (χ1) is 14.6. The van der Waals surface area contributed by atoms with Crippen molar-refractivity contribution in [2.45, 2.75) is 32.3 Å². The van der Waals surface area contributed by atoms with E-state index in [4.69, 9.17) is 26.8 Å². The van der Waals surface area contributed by atoms with Crippen LogP contribution in [0.3, 0.4) is 0 Å². The summed E-state index contributed by atoms with van der Waals surface area (Å²) in [6.07, 6.45) is 1.71. The van der Waals surface area contributed by atoms with Gasteiger partial charge >= 0.3 is 0 Å². The fourth-order valence-electron chi connectivity index (χ4n) is 3.65. The SMILES string of the molecule is CCCc1[nH]nc2c1C(c1ccccc1OCc1ccc(Cl)cc1)C(C#N)=C(N)O2. The standard InChI is InChI=1S/C23H21ClN4O2/c1-2-5-18-21-20(17(12-25)22(26)30-23(21)28-27-18)16-6-3-4-7-19(16)29-13-14-8-10-15(24)11-9-14/h3-4,6-11,20H,2,5,13,26H2,1H3,(H,27,28). The first-order valence-corrected chi connectivity index (χ1v) is 10.1. The highest BCUT2D eigenvalue weighted by atomic mass is 35.5. The number of H-pyrrole nitrogens is 1. The van der Waals surface area contributed by atoms with E-state index in [9.17, 15) is 5.26 Å². The van der Waals surface area contributed by atoms with E-state index in [0.717, 1.165) is 35.2 Å². The van der Waals surface area contributed by atoms with Crippen molar-refractivity contribution in [2.24, 2.45) is 5.73 Å². The number of aryl methyl sites for hydroxylation is 1. The van der Waals surface area contributed by atoms with Crippen molar-refractivity contribution in [2.75, 3.05) is 0 Å². The van der Waals surface area contributed by atoms with Gasteiger partial charge < -0.3 is 15.2 Å². The average Bonchev–Trinajstić information content (AvgIpc) is 3.15. The smallest absolute Gasteiger partial charge is 0.244 e. The van der Waals surface area contributed by atoms with Crippen molar-refractivity contribution in [1.29, 1.82) is 5.26 Å². The van der Waals surface area contributed by atoms with Crippen molar-refractivity contribution in [3.63, 3.8) is 0 Å². The maximum atomic E-state index is 9.85. The molecule has 0 bridgehead atoms. The summed E-state index contributed by atoms with van der Waals surface area (Å²) in [6, 6.07) is 17.4. The summed E-state index contributed by atoms with van der Waals surface area (Å²) in [5.74, 6) is 0.736. The molecule has 152 valence electrons. The number of rotatable bonds is 6. The topological polar surface area (TPSA) is 97.0 Å². The molecule has 1 aliphatic rings. The lowest BCUT2D eigenvalue weighted by atomic mass is 9.83. The molecule has 0 amide bonds. The van der Waals surface area contributed by atoms with Gasteiger partial charge in [-0.05, 0) is 30.2 Å². The number of benzene rings is 2. The number of aromatic amines is 1. The normalized spacial score (nSPS) is 15.3. The minimum Gasteiger partial charge on any atom is -0.489 e. The summed E-state index contributed by atoms with van der Waals surface area (Å²) in [5, 5.41) is 17.8. The summed E-state index contributed by atoms with van der Waals surface area (Å²) in [4.78, 5) is 0. The van der Waals surface area contributed by atoms with Crippen molar-refractivity contribution < 1.29 is 9.47 Å². The van der Waals surface area contributed by atoms with Gasteiger partial charge in [0.1, 0.15) is 24.0 Å². The third kappa shape index (κ3) is 3.72. The minimum absolute atomic E-state index is 0.0667. The number of aromatic nitrogens is 2. The molecule has 2 aromatic carbocycles. The lowest BCUT2D eigenvalue weighted by molar-refractivity contribution is 0.301. The van der Waals surface area contributed by atoms with Gasteiger partial charge in [-0.3, -0.25) is 5.10 Å². The Morgan fingerprint density at radius 3 is 2.73 bits per heavy atom. The molecule has 0 saturated carbocycles. The zero-order valence-electron chi connectivity index (χ0n) is 16.5. The Hall–Kier alpha value is -3.43. The fourth-order valence-corrected chi connectivity index (χ4v) is 3.78. The minimum atomic E-state index is -0.416. The van der Waals surface area contributed by atoms with Crippen LogP contribution < -0.4 is 15.2 Å². The number of para-hydroxylation sites is 1. The molecule has 0 aliphatic carbocycles. The molecule has 0 saturated heterocycles. The third-order valence-corrected chi connectivity index (χ3v) is 5.31. The van der Waals surface area contributed by atoms with Crippen LogP contribution in [0.1, 0.15) is 41.6 Å². The largest absolute Gasteiger partial charge is 0.489 e. The molecule has 0 radical (unpaired) electrons. The lowest BCUT2D eigenvalue weighted by Crippen LogP contribution is -2.21. The van der Waals surface area contributed by atoms with Crippen LogP contribution in [0.15, 0.2) is 60.0 Å². The monoisotopic (exact) mass is 420 g/mol. The molecule has 4 rings (SSSR count). The molecule has 30 heavy (non-hydrogen) atoms. The van der Waals surface area contributed by atoms with E-state index in [1.165, 1.54) is 0 Å². The van der Waals surface area contributed by atoms with E-state index >= 15 is 0 Å². The Morgan fingerprint density at radius 1 is 1.23 bits per heavy atom. The first kappa shape index (κ1) is 19.9. The predicted molar refractivity (Wildman–Crippen MR) is 114 cm³/mol.